The Morgan fingerprint density at radius 2 is 2.10 bits per heavy atom. The van der Waals surface area contributed by atoms with Crippen molar-refractivity contribution in [3.05, 3.63) is 53.7 Å². The fourth-order valence-corrected chi connectivity index (χ4v) is 3.63. The van der Waals surface area contributed by atoms with Crippen LogP contribution in [0.15, 0.2) is 36.7 Å². The van der Waals surface area contributed by atoms with Crippen molar-refractivity contribution in [3.8, 4) is 0 Å². The lowest BCUT2D eigenvalue weighted by molar-refractivity contribution is -0.0654. The van der Waals surface area contributed by atoms with Crippen LogP contribution < -0.4 is 27.4 Å². The molecule has 11 heteroatoms. The minimum atomic E-state index is -2.95. The van der Waals surface area contributed by atoms with Gasteiger partial charge in [-0.25, -0.2) is 18.2 Å². The molecule has 0 radical (unpaired) electrons. The number of pyridine rings is 2. The molecule has 1 amide bonds. The van der Waals surface area contributed by atoms with Crippen molar-refractivity contribution in [2.24, 2.45) is 11.5 Å². The lowest BCUT2D eigenvalue weighted by Crippen LogP contribution is -2.56. The van der Waals surface area contributed by atoms with Crippen LogP contribution in [-0.4, -0.2) is 40.9 Å². The lowest BCUT2D eigenvalue weighted by atomic mass is 9.87. The first-order chi connectivity index (χ1) is 14.8. The van der Waals surface area contributed by atoms with Crippen molar-refractivity contribution in [2.45, 2.75) is 37.3 Å². The Balaban J connectivity index is 1.95. The van der Waals surface area contributed by atoms with Gasteiger partial charge in [0.05, 0.1) is 23.0 Å². The van der Waals surface area contributed by atoms with Crippen LogP contribution in [0.1, 0.15) is 35.3 Å². The zero-order valence-corrected chi connectivity index (χ0v) is 16.8. The fraction of sp³-hybridized carbons (Fsp3) is 0.350. The third-order valence-corrected chi connectivity index (χ3v) is 5.12. The summed E-state index contributed by atoms with van der Waals surface area (Å²) in [5.74, 6) is -5.13. The van der Waals surface area contributed by atoms with E-state index in [0.717, 1.165) is 6.07 Å². The van der Waals surface area contributed by atoms with E-state index in [2.05, 4.69) is 25.9 Å². The Labute approximate surface area is 177 Å². The number of hydrogen-bond acceptors (Lipinski definition) is 7. The zero-order valence-electron chi connectivity index (χ0n) is 16.8. The van der Waals surface area contributed by atoms with Crippen molar-refractivity contribution < 1.29 is 18.0 Å². The minimum Gasteiger partial charge on any atom is -0.403 e. The molecule has 0 unspecified atom stereocenters. The van der Waals surface area contributed by atoms with E-state index in [1.54, 1.807) is 24.4 Å². The molecule has 1 fully saturated rings. The first kappa shape index (κ1) is 22.3. The van der Waals surface area contributed by atoms with Gasteiger partial charge < -0.3 is 27.4 Å². The molecule has 166 valence electrons. The predicted molar refractivity (Wildman–Crippen MR) is 112 cm³/mol. The Morgan fingerprint density at radius 1 is 1.32 bits per heavy atom. The molecule has 2 aromatic heterocycles. The molecule has 1 aliphatic carbocycles. The Morgan fingerprint density at radius 3 is 2.71 bits per heavy atom. The van der Waals surface area contributed by atoms with Gasteiger partial charge in [-0.15, -0.1) is 0 Å². The second kappa shape index (κ2) is 9.21. The number of halogens is 3. The van der Waals surface area contributed by atoms with Crippen LogP contribution >= 0.6 is 0 Å². The monoisotopic (exact) mass is 435 g/mol. The molecule has 2 heterocycles. The molecule has 0 bridgehead atoms. The third-order valence-electron chi connectivity index (χ3n) is 5.12. The summed E-state index contributed by atoms with van der Waals surface area (Å²) in [6.45, 7) is 0. The minimum absolute atomic E-state index is 0.0812. The number of nitrogens with one attached hydrogen (secondary N) is 3. The molecule has 0 aliphatic heterocycles. The van der Waals surface area contributed by atoms with E-state index in [1.807, 2.05) is 0 Å². The highest BCUT2D eigenvalue weighted by molar-refractivity contribution is 5.99. The molecule has 3 rings (SSSR count). The summed E-state index contributed by atoms with van der Waals surface area (Å²) in [4.78, 5) is 20.1. The molecule has 0 aromatic carbocycles. The molecule has 0 saturated heterocycles. The number of primary amides is 1. The van der Waals surface area contributed by atoms with Crippen LogP contribution in [0.25, 0.3) is 5.70 Å². The van der Waals surface area contributed by atoms with E-state index in [0.29, 0.717) is 17.8 Å². The number of nitrogens with two attached hydrogens (primary N) is 2. The zero-order chi connectivity index (χ0) is 22.6. The second-order valence-electron chi connectivity index (χ2n) is 7.17. The number of amides is 1. The van der Waals surface area contributed by atoms with Gasteiger partial charge in [-0.2, -0.15) is 0 Å². The van der Waals surface area contributed by atoms with Crippen molar-refractivity contribution >= 4 is 23.2 Å². The number of anilines is 2. The van der Waals surface area contributed by atoms with Crippen LogP contribution in [0.3, 0.4) is 0 Å². The SMILES string of the molecule is CN[C@@H]1[C@H](Nc2nc(NC(=CN)c3ccccn3)c(C(N)=O)cc2F)CCCC1(F)F. The van der Waals surface area contributed by atoms with E-state index in [4.69, 9.17) is 11.5 Å². The molecule has 7 N–H and O–H groups in total. The maximum absolute atomic E-state index is 14.7. The van der Waals surface area contributed by atoms with Gasteiger partial charge in [0.25, 0.3) is 11.8 Å². The smallest absolute Gasteiger partial charge is 0.265 e. The standard InChI is InChI=1S/C20H24F3N7O/c1-26-16-14(6-4-7-20(16,22)23)28-19-12(21)9-11(17(25)31)18(30-19)29-15(10-24)13-5-2-3-8-27-13/h2-3,5,8-10,14,16,26H,4,6-7,24H2,1H3,(H2,25,31)(H2,28,29,30)/t14-,16-/m1/s1. The van der Waals surface area contributed by atoms with E-state index >= 15 is 0 Å². The highest BCUT2D eigenvalue weighted by Crippen LogP contribution is 2.35. The molecule has 31 heavy (non-hydrogen) atoms. The first-order valence-electron chi connectivity index (χ1n) is 9.69. The van der Waals surface area contributed by atoms with E-state index < -0.39 is 29.7 Å². The summed E-state index contributed by atoms with van der Waals surface area (Å²) in [7, 11) is 1.43. The number of hydrogen-bond donors (Lipinski definition) is 5. The highest BCUT2D eigenvalue weighted by Gasteiger charge is 2.46. The summed E-state index contributed by atoms with van der Waals surface area (Å²) in [5.41, 5.74) is 11.6. The van der Waals surface area contributed by atoms with Gasteiger partial charge in [0.1, 0.15) is 5.82 Å². The number of nitrogens with zero attached hydrogens (tertiary/aromatic N) is 2. The average Bonchev–Trinajstić information content (AvgIpc) is 2.73. The van der Waals surface area contributed by atoms with Gasteiger partial charge >= 0.3 is 0 Å². The Kier molecular flexibility index (Phi) is 6.64. The first-order valence-corrected chi connectivity index (χ1v) is 9.69. The molecule has 2 atom stereocenters. The number of likely N-dealkylation sites (N-methyl/N-ethyl adjacent to an activating group) is 1. The molecular weight excluding hydrogens is 411 g/mol. The summed E-state index contributed by atoms with van der Waals surface area (Å²) in [5, 5.41) is 8.19. The molecule has 1 aliphatic rings. The quantitative estimate of drug-likeness (QED) is 0.451. The van der Waals surface area contributed by atoms with E-state index in [-0.39, 0.29) is 30.0 Å². The normalized spacial score (nSPS) is 20.8. The van der Waals surface area contributed by atoms with Gasteiger partial charge in [0.15, 0.2) is 11.6 Å². The average molecular weight is 435 g/mol. The van der Waals surface area contributed by atoms with Crippen molar-refractivity contribution in [1.29, 1.82) is 0 Å². The third kappa shape index (κ3) is 4.88. The van der Waals surface area contributed by atoms with E-state index in [1.165, 1.54) is 13.2 Å². The molecule has 1 saturated carbocycles. The summed E-state index contributed by atoms with van der Waals surface area (Å²) in [6.07, 6.45) is 3.17. The van der Waals surface area contributed by atoms with Gasteiger partial charge in [0, 0.05) is 24.9 Å². The Bertz CT molecular complexity index is 969. The molecular formula is C20H24F3N7O. The predicted octanol–water partition coefficient (Wildman–Crippen LogP) is 2.27. The van der Waals surface area contributed by atoms with Crippen LogP contribution in [0.5, 0.6) is 0 Å². The molecule has 2 aromatic rings. The number of rotatable bonds is 7. The van der Waals surface area contributed by atoms with Gasteiger partial charge in [0.2, 0.25) is 0 Å². The van der Waals surface area contributed by atoms with Crippen LogP contribution in [0.4, 0.5) is 24.8 Å². The van der Waals surface area contributed by atoms with Crippen LogP contribution in [0, 0.1) is 5.82 Å². The molecule has 8 nitrogen and oxygen atoms in total. The second-order valence-corrected chi connectivity index (χ2v) is 7.17. The summed E-state index contributed by atoms with van der Waals surface area (Å²) >= 11 is 0. The maximum Gasteiger partial charge on any atom is 0.265 e. The van der Waals surface area contributed by atoms with Crippen molar-refractivity contribution in [1.82, 2.24) is 15.3 Å². The number of alkyl halides is 2. The molecule has 0 spiro atoms. The number of aromatic nitrogens is 2. The van der Waals surface area contributed by atoms with Crippen LogP contribution in [-0.2, 0) is 0 Å². The summed E-state index contributed by atoms with van der Waals surface area (Å²) in [6, 6.07) is 4.03. The van der Waals surface area contributed by atoms with Gasteiger partial charge in [-0.1, -0.05) is 6.07 Å². The van der Waals surface area contributed by atoms with Gasteiger partial charge in [-0.05, 0) is 38.1 Å². The van der Waals surface area contributed by atoms with Crippen molar-refractivity contribution in [3.63, 3.8) is 0 Å². The van der Waals surface area contributed by atoms with Gasteiger partial charge in [-0.3, -0.25) is 9.78 Å². The summed E-state index contributed by atoms with van der Waals surface area (Å²) < 4.78 is 43.2. The largest absolute Gasteiger partial charge is 0.403 e. The maximum atomic E-state index is 14.7. The Hall–Kier alpha value is -3.34. The number of carbonyl (C=O) groups is 1. The fourth-order valence-electron chi connectivity index (χ4n) is 3.63. The highest BCUT2D eigenvalue weighted by atomic mass is 19.3. The van der Waals surface area contributed by atoms with Crippen molar-refractivity contribution in [2.75, 3.05) is 17.7 Å². The van der Waals surface area contributed by atoms with Crippen LogP contribution in [0.2, 0.25) is 0 Å². The lowest BCUT2D eigenvalue weighted by Gasteiger charge is -2.38. The number of carbonyl (C=O) groups excluding carboxylic acids is 1. The van der Waals surface area contributed by atoms with E-state index in [9.17, 15) is 18.0 Å². The topological polar surface area (TPSA) is 131 Å².